The van der Waals surface area contributed by atoms with E-state index in [1.807, 2.05) is 6.92 Å². The Hall–Kier alpha value is -0.0500. The molecule has 0 aromatic carbocycles. The van der Waals surface area contributed by atoms with Crippen LogP contribution in [-0.2, 0) is 9.53 Å². The average molecular weight is 219 g/mol. The summed E-state index contributed by atoms with van der Waals surface area (Å²) >= 11 is 3.53. The van der Waals surface area contributed by atoms with Crippen molar-refractivity contribution in [3.63, 3.8) is 0 Å². The molecule has 2 bridgehead atoms. The molecule has 0 radical (unpaired) electrons. The fourth-order valence-electron chi connectivity index (χ4n) is 1.90. The van der Waals surface area contributed by atoms with Crippen LogP contribution in [0.25, 0.3) is 0 Å². The topological polar surface area (TPSA) is 26.3 Å². The van der Waals surface area contributed by atoms with Crippen LogP contribution in [0, 0.1) is 5.41 Å². The second kappa shape index (κ2) is 2.22. The third-order valence-electron chi connectivity index (χ3n) is 2.78. The summed E-state index contributed by atoms with van der Waals surface area (Å²) in [5.74, 6) is 0.00412. The van der Waals surface area contributed by atoms with Crippen LogP contribution in [0.1, 0.15) is 26.2 Å². The van der Waals surface area contributed by atoms with Crippen molar-refractivity contribution in [2.75, 3.05) is 0 Å². The van der Waals surface area contributed by atoms with Crippen LogP contribution in [0.2, 0.25) is 0 Å². The molecule has 3 atom stereocenters. The van der Waals surface area contributed by atoms with Gasteiger partial charge in [0.1, 0.15) is 6.10 Å². The van der Waals surface area contributed by atoms with E-state index in [1.165, 1.54) is 0 Å². The maximum Gasteiger partial charge on any atom is 0.312 e. The van der Waals surface area contributed by atoms with E-state index in [2.05, 4.69) is 15.9 Å². The van der Waals surface area contributed by atoms with E-state index in [0.29, 0.717) is 4.83 Å². The molecule has 1 aliphatic carbocycles. The molecule has 2 nitrogen and oxygen atoms in total. The van der Waals surface area contributed by atoms with Gasteiger partial charge in [-0.1, -0.05) is 15.9 Å². The highest BCUT2D eigenvalue weighted by Gasteiger charge is 2.49. The molecule has 2 saturated heterocycles. The number of alkyl halides is 1. The number of hydrogen-bond acceptors (Lipinski definition) is 2. The first-order valence-corrected chi connectivity index (χ1v) is 4.88. The predicted molar refractivity (Wildman–Crippen MR) is 44.6 cm³/mol. The van der Waals surface area contributed by atoms with Crippen molar-refractivity contribution >= 4 is 21.9 Å². The number of ether oxygens (including phenoxy) is 1. The third-order valence-corrected chi connectivity index (χ3v) is 3.69. The minimum Gasteiger partial charge on any atom is -0.461 e. The van der Waals surface area contributed by atoms with Crippen LogP contribution in [0.15, 0.2) is 0 Å². The second-order valence-corrected chi connectivity index (χ2v) is 4.94. The Morgan fingerprint density at radius 1 is 1.73 bits per heavy atom. The summed E-state index contributed by atoms with van der Waals surface area (Å²) in [6, 6.07) is 0. The van der Waals surface area contributed by atoms with Crippen molar-refractivity contribution < 1.29 is 9.53 Å². The van der Waals surface area contributed by atoms with Gasteiger partial charge in [-0.05, 0) is 26.2 Å². The molecule has 3 unspecified atom stereocenters. The molecule has 3 heteroatoms. The van der Waals surface area contributed by atoms with Gasteiger partial charge in [-0.15, -0.1) is 0 Å². The fourth-order valence-corrected chi connectivity index (χ4v) is 2.99. The van der Waals surface area contributed by atoms with Crippen molar-refractivity contribution in [3.05, 3.63) is 0 Å². The zero-order valence-electron chi connectivity index (χ0n) is 6.47. The number of esters is 1. The molecule has 0 aromatic rings. The lowest BCUT2D eigenvalue weighted by Crippen LogP contribution is -2.50. The quantitative estimate of drug-likeness (QED) is 0.459. The van der Waals surface area contributed by atoms with Gasteiger partial charge in [-0.3, -0.25) is 4.79 Å². The van der Waals surface area contributed by atoms with Gasteiger partial charge < -0.3 is 4.74 Å². The maximum atomic E-state index is 11.3. The van der Waals surface area contributed by atoms with E-state index in [0.717, 1.165) is 19.3 Å². The zero-order valence-corrected chi connectivity index (χ0v) is 8.06. The molecule has 0 N–H and O–H groups in total. The van der Waals surface area contributed by atoms with E-state index >= 15 is 0 Å². The number of rotatable bonds is 0. The Kier molecular flexibility index (Phi) is 1.53. The highest BCUT2D eigenvalue weighted by molar-refractivity contribution is 9.09. The molecule has 3 rings (SSSR count). The molecule has 62 valence electrons. The molecule has 0 spiro atoms. The van der Waals surface area contributed by atoms with Gasteiger partial charge in [0.25, 0.3) is 0 Å². The Morgan fingerprint density at radius 2 is 2.45 bits per heavy atom. The van der Waals surface area contributed by atoms with Crippen molar-refractivity contribution in [2.24, 2.45) is 5.41 Å². The molecule has 11 heavy (non-hydrogen) atoms. The van der Waals surface area contributed by atoms with E-state index in [4.69, 9.17) is 4.74 Å². The normalized spacial score (nSPS) is 49.1. The van der Waals surface area contributed by atoms with E-state index in [1.54, 1.807) is 0 Å². The Bertz CT molecular complexity index is 204. The number of fused-ring (bicyclic) bond motifs is 3. The first-order chi connectivity index (χ1) is 5.12. The lowest BCUT2D eigenvalue weighted by atomic mass is 9.72. The Morgan fingerprint density at radius 3 is 2.82 bits per heavy atom. The summed E-state index contributed by atoms with van der Waals surface area (Å²) in [5.41, 5.74) is -0.192. The van der Waals surface area contributed by atoms with E-state index < -0.39 is 0 Å². The minimum atomic E-state index is -0.192. The van der Waals surface area contributed by atoms with Crippen LogP contribution in [0.3, 0.4) is 0 Å². The summed E-state index contributed by atoms with van der Waals surface area (Å²) in [5, 5.41) is 0. The van der Waals surface area contributed by atoms with Crippen LogP contribution in [0.5, 0.6) is 0 Å². The zero-order chi connectivity index (χ0) is 8.06. The monoisotopic (exact) mass is 218 g/mol. The van der Waals surface area contributed by atoms with Crippen LogP contribution in [-0.4, -0.2) is 16.9 Å². The molecule has 2 heterocycles. The Balaban J connectivity index is 2.26. The summed E-state index contributed by atoms with van der Waals surface area (Å²) in [4.78, 5) is 11.7. The largest absolute Gasteiger partial charge is 0.461 e. The van der Waals surface area contributed by atoms with Gasteiger partial charge in [-0.2, -0.15) is 0 Å². The van der Waals surface area contributed by atoms with Gasteiger partial charge in [0.05, 0.1) is 10.2 Å². The molecule has 3 fully saturated rings. The van der Waals surface area contributed by atoms with Crippen LogP contribution < -0.4 is 0 Å². The van der Waals surface area contributed by atoms with E-state index in [9.17, 15) is 4.79 Å². The second-order valence-electron chi connectivity index (χ2n) is 3.76. The highest BCUT2D eigenvalue weighted by atomic mass is 79.9. The van der Waals surface area contributed by atoms with Crippen LogP contribution in [0.4, 0.5) is 0 Å². The summed E-state index contributed by atoms with van der Waals surface area (Å²) in [6.07, 6.45) is 3.11. The molecule has 3 aliphatic rings. The number of halogens is 1. The predicted octanol–water partition coefficient (Wildman–Crippen LogP) is 1.87. The molecular weight excluding hydrogens is 208 g/mol. The van der Waals surface area contributed by atoms with Crippen molar-refractivity contribution in [2.45, 2.75) is 37.1 Å². The summed E-state index contributed by atoms with van der Waals surface area (Å²) < 4.78 is 5.21. The lowest BCUT2D eigenvalue weighted by molar-refractivity contribution is -0.178. The SMILES string of the molecule is CC12CCC(OC1=O)C(Br)C2. The van der Waals surface area contributed by atoms with Crippen molar-refractivity contribution in [1.29, 1.82) is 0 Å². The first-order valence-electron chi connectivity index (χ1n) is 3.97. The molecule has 0 aromatic heterocycles. The van der Waals surface area contributed by atoms with Gasteiger partial charge >= 0.3 is 5.97 Å². The van der Waals surface area contributed by atoms with Gasteiger partial charge in [0.2, 0.25) is 0 Å². The fraction of sp³-hybridized carbons (Fsp3) is 0.875. The summed E-state index contributed by atoms with van der Waals surface area (Å²) in [7, 11) is 0. The molecular formula is C8H11BrO2. The van der Waals surface area contributed by atoms with Gasteiger partial charge in [0.15, 0.2) is 0 Å². The molecule has 1 saturated carbocycles. The van der Waals surface area contributed by atoms with Crippen molar-refractivity contribution in [1.82, 2.24) is 0 Å². The number of hydrogen-bond donors (Lipinski definition) is 0. The highest BCUT2D eigenvalue weighted by Crippen LogP contribution is 2.46. The number of carbonyl (C=O) groups is 1. The van der Waals surface area contributed by atoms with Crippen LogP contribution >= 0.6 is 15.9 Å². The summed E-state index contributed by atoms with van der Waals surface area (Å²) in [6.45, 7) is 2.00. The first kappa shape index (κ1) is 7.59. The molecule has 2 aliphatic heterocycles. The maximum absolute atomic E-state index is 11.3. The molecule has 0 amide bonds. The average Bonchev–Trinajstić information content (AvgIpc) is 1.92. The third kappa shape index (κ3) is 1.01. The number of carbonyl (C=O) groups excluding carboxylic acids is 1. The van der Waals surface area contributed by atoms with Gasteiger partial charge in [-0.25, -0.2) is 0 Å². The Labute approximate surface area is 74.4 Å². The smallest absolute Gasteiger partial charge is 0.312 e. The van der Waals surface area contributed by atoms with E-state index in [-0.39, 0.29) is 17.5 Å². The standard InChI is InChI=1S/C8H11BrO2/c1-8-3-2-6(5(9)4-8)11-7(8)10/h5-6H,2-4H2,1H3. The minimum absolute atomic E-state index is 0.00412. The van der Waals surface area contributed by atoms with Crippen molar-refractivity contribution in [3.8, 4) is 0 Å². The lowest BCUT2D eigenvalue weighted by Gasteiger charge is -2.45. The van der Waals surface area contributed by atoms with Gasteiger partial charge in [0, 0.05) is 0 Å².